The van der Waals surface area contributed by atoms with E-state index in [1.54, 1.807) is 4.68 Å². The standard InChI is InChI=1S/C15H27N3O2/c1-5-12-10-13(18(6-2)17-12)14(20)16-11-15(3,4)8-7-9-19/h10,19H,5-9,11H2,1-4H3,(H,16,20). The molecule has 5 heteroatoms. The van der Waals surface area contributed by atoms with Crippen LogP contribution in [0.1, 0.15) is 56.7 Å². The maximum absolute atomic E-state index is 12.3. The average Bonchev–Trinajstić information content (AvgIpc) is 2.86. The Morgan fingerprint density at radius 3 is 2.70 bits per heavy atom. The zero-order chi connectivity index (χ0) is 15.2. The van der Waals surface area contributed by atoms with Gasteiger partial charge in [-0.05, 0) is 37.7 Å². The quantitative estimate of drug-likeness (QED) is 0.766. The first-order chi connectivity index (χ1) is 9.43. The smallest absolute Gasteiger partial charge is 0.269 e. The fourth-order valence-corrected chi connectivity index (χ4v) is 2.12. The molecule has 0 aliphatic carbocycles. The summed E-state index contributed by atoms with van der Waals surface area (Å²) in [5.74, 6) is -0.0730. The number of aliphatic hydroxyl groups excluding tert-OH is 1. The van der Waals surface area contributed by atoms with Crippen LogP contribution in [0.4, 0.5) is 0 Å². The maximum atomic E-state index is 12.3. The Labute approximate surface area is 121 Å². The number of aryl methyl sites for hydroxylation is 2. The van der Waals surface area contributed by atoms with Crippen LogP contribution in [0, 0.1) is 5.41 Å². The van der Waals surface area contributed by atoms with Crippen molar-refractivity contribution in [3.63, 3.8) is 0 Å². The fourth-order valence-electron chi connectivity index (χ4n) is 2.12. The van der Waals surface area contributed by atoms with Gasteiger partial charge in [-0.1, -0.05) is 20.8 Å². The third kappa shape index (κ3) is 4.63. The average molecular weight is 281 g/mol. The molecule has 0 aromatic carbocycles. The van der Waals surface area contributed by atoms with Crippen LogP contribution in [0.2, 0.25) is 0 Å². The highest BCUT2D eigenvalue weighted by Gasteiger charge is 2.20. The lowest BCUT2D eigenvalue weighted by molar-refractivity contribution is 0.0922. The molecule has 2 N–H and O–H groups in total. The largest absolute Gasteiger partial charge is 0.396 e. The molecule has 0 radical (unpaired) electrons. The Morgan fingerprint density at radius 1 is 1.45 bits per heavy atom. The highest BCUT2D eigenvalue weighted by Crippen LogP contribution is 2.21. The Morgan fingerprint density at radius 2 is 2.15 bits per heavy atom. The number of carbonyl (C=O) groups excluding carboxylic acids is 1. The van der Waals surface area contributed by atoms with Crippen LogP contribution >= 0.6 is 0 Å². The van der Waals surface area contributed by atoms with Crippen LogP contribution in [-0.2, 0) is 13.0 Å². The SMILES string of the molecule is CCc1cc(C(=O)NCC(C)(C)CCCO)n(CC)n1. The van der Waals surface area contributed by atoms with Gasteiger partial charge in [0.2, 0.25) is 0 Å². The molecule has 114 valence electrons. The number of amides is 1. The summed E-state index contributed by atoms with van der Waals surface area (Å²) < 4.78 is 1.74. The molecule has 0 fully saturated rings. The van der Waals surface area contributed by atoms with Gasteiger partial charge in [0.1, 0.15) is 5.69 Å². The van der Waals surface area contributed by atoms with Gasteiger partial charge in [0.05, 0.1) is 5.69 Å². The number of nitrogens with zero attached hydrogens (tertiary/aromatic N) is 2. The zero-order valence-corrected chi connectivity index (χ0v) is 13.1. The lowest BCUT2D eigenvalue weighted by atomic mass is 9.88. The topological polar surface area (TPSA) is 67.2 Å². The number of hydrogen-bond acceptors (Lipinski definition) is 3. The Balaban J connectivity index is 2.64. The third-order valence-electron chi connectivity index (χ3n) is 3.46. The molecule has 1 rings (SSSR count). The van der Waals surface area contributed by atoms with Crippen LogP contribution in [0.3, 0.4) is 0 Å². The molecule has 0 bridgehead atoms. The second-order valence-electron chi connectivity index (χ2n) is 5.86. The van der Waals surface area contributed by atoms with Crippen LogP contribution in [-0.4, -0.2) is 33.9 Å². The Kier molecular flexibility index (Phi) is 6.20. The first-order valence-corrected chi connectivity index (χ1v) is 7.39. The molecule has 0 spiro atoms. The molecule has 1 amide bonds. The van der Waals surface area contributed by atoms with E-state index in [2.05, 4.69) is 24.3 Å². The van der Waals surface area contributed by atoms with E-state index >= 15 is 0 Å². The van der Waals surface area contributed by atoms with Crippen molar-refractivity contribution in [3.05, 3.63) is 17.5 Å². The predicted molar refractivity (Wildman–Crippen MR) is 79.7 cm³/mol. The van der Waals surface area contributed by atoms with E-state index in [4.69, 9.17) is 5.11 Å². The minimum absolute atomic E-state index is 0.0109. The summed E-state index contributed by atoms with van der Waals surface area (Å²) in [7, 11) is 0. The van der Waals surface area contributed by atoms with Gasteiger partial charge in [0, 0.05) is 19.7 Å². The molecular weight excluding hydrogens is 254 g/mol. The minimum atomic E-state index is -0.0730. The van der Waals surface area contributed by atoms with E-state index in [9.17, 15) is 4.79 Å². The number of carbonyl (C=O) groups is 1. The highest BCUT2D eigenvalue weighted by molar-refractivity contribution is 5.92. The molecule has 0 aliphatic rings. The van der Waals surface area contributed by atoms with Crippen LogP contribution in [0.15, 0.2) is 6.07 Å². The van der Waals surface area contributed by atoms with Crippen molar-refractivity contribution in [1.82, 2.24) is 15.1 Å². The first kappa shape index (κ1) is 16.7. The van der Waals surface area contributed by atoms with E-state index < -0.39 is 0 Å². The van der Waals surface area contributed by atoms with Gasteiger partial charge in [-0.25, -0.2) is 0 Å². The van der Waals surface area contributed by atoms with Gasteiger partial charge >= 0.3 is 0 Å². The summed E-state index contributed by atoms with van der Waals surface area (Å²) in [6.45, 7) is 9.68. The molecule has 0 saturated carbocycles. The Bertz CT molecular complexity index is 438. The fraction of sp³-hybridized carbons (Fsp3) is 0.733. The van der Waals surface area contributed by atoms with Crippen molar-refractivity contribution in [2.45, 2.75) is 53.5 Å². The number of aliphatic hydroxyl groups is 1. The molecule has 0 unspecified atom stereocenters. The van der Waals surface area contributed by atoms with Crippen molar-refractivity contribution >= 4 is 5.91 Å². The van der Waals surface area contributed by atoms with Gasteiger partial charge in [-0.3, -0.25) is 9.48 Å². The van der Waals surface area contributed by atoms with Gasteiger partial charge in [0.25, 0.3) is 5.91 Å². The molecule has 1 heterocycles. The molecule has 20 heavy (non-hydrogen) atoms. The third-order valence-corrected chi connectivity index (χ3v) is 3.46. The predicted octanol–water partition coefficient (Wildman–Crippen LogP) is 1.99. The number of aromatic nitrogens is 2. The number of hydrogen-bond donors (Lipinski definition) is 2. The van der Waals surface area contributed by atoms with E-state index in [0.29, 0.717) is 18.8 Å². The van der Waals surface area contributed by atoms with Crippen molar-refractivity contribution < 1.29 is 9.90 Å². The lowest BCUT2D eigenvalue weighted by Gasteiger charge is -2.24. The highest BCUT2D eigenvalue weighted by atomic mass is 16.2. The van der Waals surface area contributed by atoms with Crippen molar-refractivity contribution in [2.24, 2.45) is 5.41 Å². The first-order valence-electron chi connectivity index (χ1n) is 7.39. The minimum Gasteiger partial charge on any atom is -0.396 e. The molecule has 0 atom stereocenters. The van der Waals surface area contributed by atoms with E-state index in [-0.39, 0.29) is 17.9 Å². The number of rotatable bonds is 8. The summed E-state index contributed by atoms with van der Waals surface area (Å²) in [6, 6.07) is 1.86. The molecule has 0 aliphatic heterocycles. The second kappa shape index (κ2) is 7.43. The van der Waals surface area contributed by atoms with Gasteiger partial charge in [0.15, 0.2) is 0 Å². The molecular formula is C15H27N3O2. The van der Waals surface area contributed by atoms with Gasteiger partial charge in [-0.2, -0.15) is 5.10 Å². The van der Waals surface area contributed by atoms with E-state index in [1.807, 2.05) is 19.9 Å². The van der Waals surface area contributed by atoms with E-state index in [0.717, 1.165) is 25.0 Å². The Hall–Kier alpha value is -1.36. The van der Waals surface area contributed by atoms with E-state index in [1.165, 1.54) is 0 Å². The van der Waals surface area contributed by atoms with Crippen LogP contribution in [0.5, 0.6) is 0 Å². The lowest BCUT2D eigenvalue weighted by Crippen LogP contribution is -2.35. The molecule has 0 saturated heterocycles. The molecule has 1 aromatic heterocycles. The maximum Gasteiger partial charge on any atom is 0.269 e. The molecule has 5 nitrogen and oxygen atoms in total. The monoisotopic (exact) mass is 281 g/mol. The normalized spacial score (nSPS) is 11.7. The number of nitrogens with one attached hydrogen (secondary N) is 1. The summed E-state index contributed by atoms with van der Waals surface area (Å²) in [6.07, 6.45) is 2.47. The molecule has 1 aromatic rings. The zero-order valence-electron chi connectivity index (χ0n) is 13.1. The van der Waals surface area contributed by atoms with Crippen molar-refractivity contribution in [3.8, 4) is 0 Å². The van der Waals surface area contributed by atoms with Gasteiger partial charge in [-0.15, -0.1) is 0 Å². The van der Waals surface area contributed by atoms with Crippen molar-refractivity contribution in [1.29, 1.82) is 0 Å². The van der Waals surface area contributed by atoms with Gasteiger partial charge < -0.3 is 10.4 Å². The summed E-state index contributed by atoms with van der Waals surface area (Å²) in [4.78, 5) is 12.3. The van der Waals surface area contributed by atoms with Crippen molar-refractivity contribution in [2.75, 3.05) is 13.2 Å². The second-order valence-corrected chi connectivity index (χ2v) is 5.86. The summed E-state index contributed by atoms with van der Waals surface area (Å²) in [5, 5.41) is 16.2. The summed E-state index contributed by atoms with van der Waals surface area (Å²) >= 11 is 0. The van der Waals surface area contributed by atoms with Crippen LogP contribution in [0.25, 0.3) is 0 Å². The summed E-state index contributed by atoms with van der Waals surface area (Å²) in [5.41, 5.74) is 1.56. The van der Waals surface area contributed by atoms with Crippen LogP contribution < -0.4 is 5.32 Å².